The summed E-state index contributed by atoms with van der Waals surface area (Å²) < 4.78 is 9.95. The second kappa shape index (κ2) is 13.1. The van der Waals surface area contributed by atoms with Crippen LogP contribution in [0.15, 0.2) is 42.5 Å². The van der Waals surface area contributed by atoms with Gasteiger partial charge in [-0.3, -0.25) is 29.9 Å². The van der Waals surface area contributed by atoms with Crippen molar-refractivity contribution in [1.29, 1.82) is 0 Å². The number of methoxy groups -OCH3 is 1. The number of hydrogen-bond donors (Lipinski definition) is 3. The third-order valence-electron chi connectivity index (χ3n) is 5.77. The van der Waals surface area contributed by atoms with Gasteiger partial charge in [-0.1, -0.05) is 12.2 Å². The van der Waals surface area contributed by atoms with Crippen LogP contribution in [0.4, 0.5) is 22.7 Å². The first-order valence-electron chi connectivity index (χ1n) is 11.6. The maximum atomic E-state index is 11.8. The van der Waals surface area contributed by atoms with E-state index in [9.17, 15) is 29.8 Å². The summed E-state index contributed by atoms with van der Waals surface area (Å²) in [6.07, 6.45) is 3.39. The summed E-state index contributed by atoms with van der Waals surface area (Å²) in [7, 11) is 1.19. The minimum Gasteiger partial charge on any atom is -0.465 e. The molecular formula is C24H28N6O8. The minimum atomic E-state index is -0.762. The number of ether oxygens (including phenoxy) is 2. The second-order valence-electron chi connectivity index (χ2n) is 8.25. The molecule has 2 aromatic carbocycles. The molecule has 0 spiro atoms. The number of nitro groups is 2. The summed E-state index contributed by atoms with van der Waals surface area (Å²) in [4.78, 5) is 47.5. The molecule has 1 heterocycles. The van der Waals surface area contributed by atoms with Gasteiger partial charge >= 0.3 is 5.97 Å². The van der Waals surface area contributed by atoms with Gasteiger partial charge in [0, 0.05) is 50.4 Å². The van der Waals surface area contributed by atoms with E-state index in [-0.39, 0.29) is 47.0 Å². The maximum Gasteiger partial charge on any atom is 0.338 e. The van der Waals surface area contributed by atoms with Crippen LogP contribution in [0.1, 0.15) is 26.3 Å². The zero-order valence-electron chi connectivity index (χ0n) is 20.7. The number of carbonyl (C=O) groups excluding carboxylic acids is 2. The first-order valence-corrected chi connectivity index (χ1v) is 11.6. The average Bonchev–Trinajstić information content (AvgIpc) is 2.90. The zero-order valence-corrected chi connectivity index (χ0v) is 20.7. The van der Waals surface area contributed by atoms with Crippen molar-refractivity contribution in [3.63, 3.8) is 0 Å². The molecule has 1 aliphatic rings. The highest BCUT2D eigenvalue weighted by molar-refractivity contribution is 5.95. The standard InChI is InChI=1S/C24H28N6O8/c1-37-24(32)16-4-5-19(20(13-16)29(33)34)26-6-2-3-7-27-22-18(15-28-8-10-38-11-9-28)12-17(23(25)31)14-21(22)30(35)36/h2-5,12-14,26-27H,6-11,15H2,1H3,(H2,25,31)/b3-2+. The third-order valence-corrected chi connectivity index (χ3v) is 5.77. The molecule has 1 fully saturated rings. The SMILES string of the molecule is COC(=O)c1ccc(NC/C=C/CNc2c(CN3CCOCC3)cc(C(N)=O)cc2[N+](=O)[O-])c([N+](=O)[O-])c1. The lowest BCUT2D eigenvalue weighted by atomic mass is 10.0. The van der Waals surface area contributed by atoms with E-state index in [1.54, 1.807) is 18.2 Å². The zero-order chi connectivity index (χ0) is 27.7. The van der Waals surface area contributed by atoms with Crippen molar-refractivity contribution in [1.82, 2.24) is 4.90 Å². The lowest BCUT2D eigenvalue weighted by molar-refractivity contribution is -0.384. The van der Waals surface area contributed by atoms with Crippen LogP contribution < -0.4 is 16.4 Å². The Morgan fingerprint density at radius 3 is 2.26 bits per heavy atom. The van der Waals surface area contributed by atoms with E-state index in [4.69, 9.17) is 10.5 Å². The van der Waals surface area contributed by atoms with Gasteiger partial charge < -0.3 is 25.8 Å². The number of nitrogens with one attached hydrogen (secondary N) is 2. The summed E-state index contributed by atoms with van der Waals surface area (Å²) in [5, 5.41) is 29.1. The first-order chi connectivity index (χ1) is 18.2. The Morgan fingerprint density at radius 2 is 1.66 bits per heavy atom. The van der Waals surface area contributed by atoms with Gasteiger partial charge in [0.05, 0.1) is 35.7 Å². The smallest absolute Gasteiger partial charge is 0.338 e. The number of hydrogen-bond acceptors (Lipinski definition) is 11. The van der Waals surface area contributed by atoms with Crippen molar-refractivity contribution in [3.05, 3.63) is 79.4 Å². The van der Waals surface area contributed by atoms with Crippen molar-refractivity contribution >= 4 is 34.6 Å². The Bertz CT molecular complexity index is 1240. The van der Waals surface area contributed by atoms with Crippen LogP contribution in [0, 0.1) is 20.2 Å². The van der Waals surface area contributed by atoms with Crippen LogP contribution >= 0.6 is 0 Å². The summed E-state index contributed by atoms with van der Waals surface area (Å²) in [5.74, 6) is -1.45. The minimum absolute atomic E-state index is 0.0464. The van der Waals surface area contributed by atoms with Gasteiger partial charge in [0.25, 0.3) is 11.4 Å². The summed E-state index contributed by atoms with van der Waals surface area (Å²) in [6.45, 7) is 3.16. The fraction of sp³-hybridized carbons (Fsp3) is 0.333. The lowest BCUT2D eigenvalue weighted by Crippen LogP contribution is -2.36. The monoisotopic (exact) mass is 528 g/mol. The van der Waals surface area contributed by atoms with Crippen LogP contribution in [0.2, 0.25) is 0 Å². The molecule has 14 heteroatoms. The molecule has 4 N–H and O–H groups in total. The molecule has 14 nitrogen and oxygen atoms in total. The third kappa shape index (κ3) is 7.24. The number of esters is 1. The number of anilines is 2. The number of benzene rings is 2. The normalized spacial score (nSPS) is 13.7. The van der Waals surface area contributed by atoms with E-state index in [2.05, 4.69) is 20.3 Å². The van der Waals surface area contributed by atoms with Crippen LogP contribution in [-0.4, -0.2) is 73.1 Å². The largest absolute Gasteiger partial charge is 0.465 e. The molecular weight excluding hydrogens is 500 g/mol. The second-order valence-corrected chi connectivity index (χ2v) is 8.25. The number of nitro benzene ring substituents is 2. The van der Waals surface area contributed by atoms with Crippen LogP contribution in [0.25, 0.3) is 0 Å². The molecule has 1 saturated heterocycles. The molecule has 1 amide bonds. The van der Waals surface area contributed by atoms with Crippen LogP contribution in [-0.2, 0) is 16.0 Å². The maximum absolute atomic E-state index is 11.8. The molecule has 0 saturated carbocycles. The number of rotatable bonds is 12. The van der Waals surface area contributed by atoms with Crippen molar-refractivity contribution in [2.75, 3.05) is 57.1 Å². The van der Waals surface area contributed by atoms with Gasteiger partial charge in [0.15, 0.2) is 0 Å². The van der Waals surface area contributed by atoms with Crippen molar-refractivity contribution in [2.45, 2.75) is 6.54 Å². The highest BCUT2D eigenvalue weighted by Gasteiger charge is 2.23. The molecule has 38 heavy (non-hydrogen) atoms. The number of morpholine rings is 1. The number of carbonyl (C=O) groups is 2. The van der Waals surface area contributed by atoms with E-state index in [1.165, 1.54) is 19.2 Å². The van der Waals surface area contributed by atoms with Crippen molar-refractivity contribution in [2.24, 2.45) is 5.73 Å². The molecule has 0 radical (unpaired) electrons. The number of nitrogens with zero attached hydrogens (tertiary/aromatic N) is 3. The van der Waals surface area contributed by atoms with Gasteiger partial charge in [0.1, 0.15) is 11.4 Å². The fourth-order valence-electron chi connectivity index (χ4n) is 3.87. The van der Waals surface area contributed by atoms with Crippen LogP contribution in [0.5, 0.6) is 0 Å². The van der Waals surface area contributed by atoms with Crippen LogP contribution in [0.3, 0.4) is 0 Å². The summed E-state index contributed by atoms with van der Waals surface area (Å²) in [5.41, 5.74) is 6.00. The highest BCUT2D eigenvalue weighted by Crippen LogP contribution is 2.31. The highest BCUT2D eigenvalue weighted by atomic mass is 16.6. The fourth-order valence-corrected chi connectivity index (χ4v) is 3.87. The molecule has 2 aromatic rings. The van der Waals surface area contributed by atoms with Crippen molar-refractivity contribution in [3.8, 4) is 0 Å². The van der Waals surface area contributed by atoms with Gasteiger partial charge in [-0.15, -0.1) is 0 Å². The molecule has 0 atom stereocenters. The van der Waals surface area contributed by atoms with E-state index >= 15 is 0 Å². The summed E-state index contributed by atoms with van der Waals surface area (Å²) >= 11 is 0. The molecule has 0 aliphatic carbocycles. The Balaban J connectivity index is 1.71. The van der Waals surface area contributed by atoms with Crippen molar-refractivity contribution < 1.29 is 28.9 Å². The Labute approximate surface area is 217 Å². The molecule has 202 valence electrons. The lowest BCUT2D eigenvalue weighted by Gasteiger charge is -2.27. The predicted molar refractivity (Wildman–Crippen MR) is 138 cm³/mol. The van der Waals surface area contributed by atoms with Gasteiger partial charge in [-0.25, -0.2) is 4.79 Å². The first kappa shape index (κ1) is 28.0. The van der Waals surface area contributed by atoms with E-state index < -0.39 is 21.7 Å². The molecule has 0 unspecified atom stereocenters. The quantitative estimate of drug-likeness (QED) is 0.158. The van der Waals surface area contributed by atoms with E-state index in [0.29, 0.717) is 38.4 Å². The number of primary amides is 1. The Hall–Kier alpha value is -4.56. The summed E-state index contributed by atoms with van der Waals surface area (Å²) in [6, 6.07) is 6.66. The van der Waals surface area contributed by atoms with E-state index in [1.807, 2.05) is 0 Å². The topological polar surface area (TPSA) is 192 Å². The van der Waals surface area contributed by atoms with Gasteiger partial charge in [0.2, 0.25) is 5.91 Å². The molecule has 3 rings (SSSR count). The van der Waals surface area contributed by atoms with Gasteiger partial charge in [-0.2, -0.15) is 0 Å². The molecule has 0 aromatic heterocycles. The molecule has 0 bridgehead atoms. The Kier molecular flexibility index (Phi) is 9.67. The van der Waals surface area contributed by atoms with Gasteiger partial charge in [-0.05, 0) is 23.8 Å². The average molecular weight is 529 g/mol. The predicted octanol–water partition coefficient (Wildman–Crippen LogP) is 2.30. The molecule has 1 aliphatic heterocycles. The van der Waals surface area contributed by atoms with E-state index in [0.717, 1.165) is 12.1 Å². The Morgan fingerprint density at radius 1 is 1.03 bits per heavy atom. The number of nitrogens with two attached hydrogens (primary N) is 1. The number of amides is 1.